The predicted octanol–water partition coefficient (Wildman–Crippen LogP) is 2.20. The molecule has 0 radical (unpaired) electrons. The van der Waals surface area contributed by atoms with Gasteiger partial charge < -0.3 is 14.5 Å². The van der Waals surface area contributed by atoms with Gasteiger partial charge in [-0.15, -0.1) is 0 Å². The summed E-state index contributed by atoms with van der Waals surface area (Å²) < 4.78 is 5.06. The van der Waals surface area contributed by atoms with Gasteiger partial charge >= 0.3 is 5.97 Å². The van der Waals surface area contributed by atoms with Crippen LogP contribution in [0.3, 0.4) is 0 Å². The highest BCUT2D eigenvalue weighted by Gasteiger charge is 2.36. The Bertz CT molecular complexity index is 1030. The number of hydrogen-bond donors (Lipinski definition) is 2. The van der Waals surface area contributed by atoms with Crippen molar-refractivity contribution in [3.63, 3.8) is 0 Å². The molecule has 1 fully saturated rings. The minimum absolute atomic E-state index is 0.0224. The maximum absolute atomic E-state index is 12.3. The van der Waals surface area contributed by atoms with E-state index in [0.717, 1.165) is 30.0 Å². The minimum atomic E-state index is -0.679. The molecule has 1 aliphatic rings. The first-order valence-corrected chi connectivity index (χ1v) is 11.3. The van der Waals surface area contributed by atoms with Crippen molar-refractivity contribution in [3.05, 3.63) is 59.7 Å². The molecule has 34 heavy (non-hydrogen) atoms. The first-order chi connectivity index (χ1) is 16.3. The number of anilines is 2. The Hall–Kier alpha value is -3.88. The monoisotopic (exact) mass is 466 g/mol. The van der Waals surface area contributed by atoms with Crippen LogP contribution < -0.4 is 20.7 Å². The van der Waals surface area contributed by atoms with Gasteiger partial charge in [-0.3, -0.25) is 30.0 Å². The number of benzene rings is 2. The smallest absolute Gasteiger partial charge is 0.311 e. The number of rotatable bonds is 8. The fourth-order valence-electron chi connectivity index (χ4n) is 3.74. The third-order valence-corrected chi connectivity index (χ3v) is 5.72. The van der Waals surface area contributed by atoms with Crippen LogP contribution in [0.15, 0.2) is 48.5 Å². The zero-order chi connectivity index (χ0) is 24.7. The van der Waals surface area contributed by atoms with E-state index in [-0.39, 0.29) is 18.9 Å². The van der Waals surface area contributed by atoms with E-state index in [4.69, 9.17) is 4.74 Å². The summed E-state index contributed by atoms with van der Waals surface area (Å²) in [6, 6.07) is 14.5. The number of hydrazine groups is 1. The first kappa shape index (κ1) is 24.8. The van der Waals surface area contributed by atoms with Crippen molar-refractivity contribution in [3.8, 4) is 0 Å². The van der Waals surface area contributed by atoms with Crippen LogP contribution in [0.1, 0.15) is 36.2 Å². The van der Waals surface area contributed by atoms with Crippen LogP contribution in [-0.2, 0) is 19.1 Å². The second-order valence-electron chi connectivity index (χ2n) is 8.07. The van der Waals surface area contributed by atoms with Crippen molar-refractivity contribution < 1.29 is 23.9 Å². The standard InChI is InChI=1S/C25H30N4O5/c1-4-28(5-2)20-12-8-18(9-13-20)24(32)27-26-22(30)16-34-25(33)19-14-23(31)29(15-19)21-10-6-17(3)7-11-21/h6-13,19H,4-5,14-16H2,1-3H3,(H,26,30)(H,27,32)/t19-/m0/s1. The molecule has 2 aromatic rings. The van der Waals surface area contributed by atoms with Crippen molar-refractivity contribution in [1.82, 2.24) is 10.9 Å². The van der Waals surface area contributed by atoms with Crippen molar-refractivity contribution in [2.45, 2.75) is 27.2 Å². The Morgan fingerprint density at radius 1 is 1.00 bits per heavy atom. The molecule has 0 aliphatic carbocycles. The van der Waals surface area contributed by atoms with Gasteiger partial charge in [0.25, 0.3) is 11.8 Å². The molecule has 0 saturated carbocycles. The minimum Gasteiger partial charge on any atom is -0.455 e. The highest BCUT2D eigenvalue weighted by Crippen LogP contribution is 2.26. The van der Waals surface area contributed by atoms with Crippen LogP contribution in [0, 0.1) is 12.8 Å². The summed E-state index contributed by atoms with van der Waals surface area (Å²) in [4.78, 5) is 52.6. The lowest BCUT2D eigenvalue weighted by atomic mass is 10.1. The molecular formula is C25H30N4O5. The molecule has 2 N–H and O–H groups in total. The van der Waals surface area contributed by atoms with Gasteiger partial charge in [0.05, 0.1) is 5.92 Å². The summed E-state index contributed by atoms with van der Waals surface area (Å²) in [5, 5.41) is 0. The average Bonchev–Trinajstić information content (AvgIpc) is 3.24. The topological polar surface area (TPSA) is 108 Å². The van der Waals surface area contributed by atoms with E-state index in [1.54, 1.807) is 12.1 Å². The maximum Gasteiger partial charge on any atom is 0.311 e. The molecule has 3 rings (SSSR count). The third-order valence-electron chi connectivity index (χ3n) is 5.72. The molecule has 1 aliphatic heterocycles. The molecule has 1 atom stereocenters. The maximum atomic E-state index is 12.3. The Labute approximate surface area is 199 Å². The van der Waals surface area contributed by atoms with Crippen LogP contribution in [0.2, 0.25) is 0 Å². The summed E-state index contributed by atoms with van der Waals surface area (Å²) >= 11 is 0. The zero-order valence-corrected chi connectivity index (χ0v) is 19.7. The number of esters is 1. The second kappa shape index (κ2) is 11.3. The number of hydrogen-bond acceptors (Lipinski definition) is 6. The van der Waals surface area contributed by atoms with Gasteiger partial charge in [-0.1, -0.05) is 17.7 Å². The molecule has 3 amide bonds. The lowest BCUT2D eigenvalue weighted by Crippen LogP contribution is -2.43. The number of nitrogens with one attached hydrogen (secondary N) is 2. The Balaban J connectivity index is 1.43. The average molecular weight is 467 g/mol. The Morgan fingerprint density at radius 2 is 1.65 bits per heavy atom. The Morgan fingerprint density at radius 3 is 2.26 bits per heavy atom. The first-order valence-electron chi connectivity index (χ1n) is 11.3. The van der Waals surface area contributed by atoms with E-state index in [1.807, 2.05) is 43.3 Å². The van der Waals surface area contributed by atoms with Crippen molar-refractivity contribution in [2.75, 3.05) is 36.0 Å². The summed E-state index contributed by atoms with van der Waals surface area (Å²) in [6.45, 7) is 7.41. The zero-order valence-electron chi connectivity index (χ0n) is 19.7. The van der Waals surface area contributed by atoms with E-state index in [1.165, 1.54) is 4.90 Å². The second-order valence-corrected chi connectivity index (χ2v) is 8.07. The van der Waals surface area contributed by atoms with Gasteiger partial charge in [-0.2, -0.15) is 0 Å². The van der Waals surface area contributed by atoms with E-state index in [2.05, 4.69) is 29.6 Å². The molecule has 180 valence electrons. The van der Waals surface area contributed by atoms with Crippen molar-refractivity contribution in [1.29, 1.82) is 0 Å². The van der Waals surface area contributed by atoms with Crippen LogP contribution in [0.5, 0.6) is 0 Å². The number of amides is 3. The normalized spacial score (nSPS) is 15.1. The summed E-state index contributed by atoms with van der Waals surface area (Å²) in [6.07, 6.45) is 0.0224. The largest absolute Gasteiger partial charge is 0.455 e. The number of ether oxygens (including phenoxy) is 1. The predicted molar refractivity (Wildman–Crippen MR) is 128 cm³/mol. The molecule has 2 aromatic carbocycles. The summed E-state index contributed by atoms with van der Waals surface area (Å²) in [7, 11) is 0. The van der Waals surface area contributed by atoms with Gasteiger partial charge in [-0.05, 0) is 57.2 Å². The van der Waals surface area contributed by atoms with Crippen molar-refractivity contribution in [2.24, 2.45) is 5.92 Å². The lowest BCUT2D eigenvalue weighted by molar-refractivity contribution is -0.152. The highest BCUT2D eigenvalue weighted by atomic mass is 16.5. The Kier molecular flexibility index (Phi) is 8.24. The molecule has 1 heterocycles. The molecule has 0 unspecified atom stereocenters. The number of aryl methyl sites for hydroxylation is 1. The molecule has 1 saturated heterocycles. The van der Waals surface area contributed by atoms with E-state index in [0.29, 0.717) is 5.56 Å². The van der Waals surface area contributed by atoms with Crippen molar-refractivity contribution >= 4 is 35.1 Å². The van der Waals surface area contributed by atoms with Gasteiger partial charge in [-0.25, -0.2) is 0 Å². The molecular weight excluding hydrogens is 436 g/mol. The third kappa shape index (κ3) is 6.12. The molecule has 0 bridgehead atoms. The van der Waals surface area contributed by atoms with E-state index in [9.17, 15) is 19.2 Å². The SMILES string of the molecule is CCN(CC)c1ccc(C(=O)NNC(=O)COC(=O)[C@H]2CC(=O)N(c3ccc(C)cc3)C2)cc1. The number of carbonyl (C=O) groups excluding carboxylic acids is 4. The quantitative estimate of drug-likeness (QED) is 0.456. The van der Waals surface area contributed by atoms with Crippen LogP contribution in [0.4, 0.5) is 11.4 Å². The van der Waals surface area contributed by atoms with E-state index >= 15 is 0 Å². The fraction of sp³-hybridized carbons (Fsp3) is 0.360. The van der Waals surface area contributed by atoms with E-state index < -0.39 is 30.3 Å². The fourth-order valence-corrected chi connectivity index (χ4v) is 3.74. The van der Waals surface area contributed by atoms with Crippen LogP contribution in [0.25, 0.3) is 0 Å². The molecule has 0 spiro atoms. The van der Waals surface area contributed by atoms with Gasteiger partial charge in [0.15, 0.2) is 6.61 Å². The lowest BCUT2D eigenvalue weighted by Gasteiger charge is -2.21. The molecule has 9 heteroatoms. The highest BCUT2D eigenvalue weighted by molar-refractivity contribution is 6.00. The summed E-state index contributed by atoms with van der Waals surface area (Å²) in [5.74, 6) is -2.62. The van der Waals surface area contributed by atoms with Crippen LogP contribution >= 0.6 is 0 Å². The van der Waals surface area contributed by atoms with Gasteiger partial charge in [0.2, 0.25) is 5.91 Å². The number of nitrogens with zero attached hydrogens (tertiary/aromatic N) is 2. The molecule has 9 nitrogen and oxygen atoms in total. The summed E-state index contributed by atoms with van der Waals surface area (Å²) in [5.41, 5.74) is 7.71. The van der Waals surface area contributed by atoms with Gasteiger partial charge in [0, 0.05) is 43.0 Å². The van der Waals surface area contributed by atoms with Gasteiger partial charge in [0.1, 0.15) is 0 Å². The number of carbonyl (C=O) groups is 4. The molecule has 0 aromatic heterocycles. The van der Waals surface area contributed by atoms with Crippen LogP contribution in [-0.4, -0.2) is 49.9 Å².